The lowest BCUT2D eigenvalue weighted by Crippen LogP contribution is -2.54. The van der Waals surface area contributed by atoms with Crippen molar-refractivity contribution in [1.82, 2.24) is 5.32 Å². The van der Waals surface area contributed by atoms with E-state index < -0.39 is 0 Å². The van der Waals surface area contributed by atoms with Crippen LogP contribution in [-0.4, -0.2) is 26.2 Å². The first kappa shape index (κ1) is 9.16. The van der Waals surface area contributed by atoms with Crippen molar-refractivity contribution in [3.05, 3.63) is 30.1 Å². The van der Waals surface area contributed by atoms with Gasteiger partial charge in [-0.05, 0) is 18.6 Å². The summed E-state index contributed by atoms with van der Waals surface area (Å²) in [5, 5.41) is 3.31. The number of hydrogen-bond donors (Lipinski definition) is 1. The number of anilines is 1. The first-order valence-electron chi connectivity index (χ1n) is 5.49. The summed E-state index contributed by atoms with van der Waals surface area (Å²) in [4.78, 5) is 2.18. The number of halogens is 1. The monoisotopic (exact) mass is 206 g/mol. The lowest BCUT2D eigenvalue weighted by Gasteiger charge is -2.39. The quantitative estimate of drug-likeness (QED) is 0.751. The molecule has 0 radical (unpaired) electrons. The first-order chi connectivity index (χ1) is 7.29. The summed E-state index contributed by atoms with van der Waals surface area (Å²) < 4.78 is 13.6. The highest BCUT2D eigenvalue weighted by atomic mass is 19.1. The Bertz CT molecular complexity index is 374. The Hall–Kier alpha value is -1.09. The number of rotatable bonds is 1. The zero-order valence-electron chi connectivity index (χ0n) is 8.67. The number of nitrogens with one attached hydrogen (secondary N) is 1. The summed E-state index contributed by atoms with van der Waals surface area (Å²) in [5.41, 5.74) is 1.20. The molecular formula is C12H15FN2. The van der Waals surface area contributed by atoms with Crippen LogP contribution in [0.25, 0.3) is 0 Å². The highest BCUT2D eigenvalue weighted by Crippen LogP contribution is 2.37. The Labute approximate surface area is 89.1 Å². The van der Waals surface area contributed by atoms with E-state index in [-0.39, 0.29) is 5.82 Å². The highest BCUT2D eigenvalue weighted by molar-refractivity contribution is 5.49. The summed E-state index contributed by atoms with van der Waals surface area (Å²) in [6.07, 6.45) is 1.19. The van der Waals surface area contributed by atoms with Gasteiger partial charge in [0.1, 0.15) is 5.82 Å². The Morgan fingerprint density at radius 3 is 2.67 bits per heavy atom. The Kier molecular flexibility index (Phi) is 1.96. The molecule has 0 unspecified atom stereocenters. The standard InChI is InChI=1S/C12H15FN2/c13-10-3-1-2-4-11(10)15-6-5-12(9-15)7-14-8-12/h1-4,14H,5-9H2. The number of para-hydroxylation sites is 1. The lowest BCUT2D eigenvalue weighted by molar-refractivity contribution is 0.199. The van der Waals surface area contributed by atoms with Crippen molar-refractivity contribution in [3.8, 4) is 0 Å². The predicted octanol–water partition coefficient (Wildman–Crippen LogP) is 1.63. The molecule has 0 amide bonds. The van der Waals surface area contributed by atoms with Gasteiger partial charge in [-0.25, -0.2) is 4.39 Å². The third-order valence-corrected chi connectivity index (χ3v) is 3.63. The Morgan fingerprint density at radius 2 is 2.07 bits per heavy atom. The summed E-state index contributed by atoms with van der Waals surface area (Å²) >= 11 is 0. The van der Waals surface area contributed by atoms with E-state index in [0.717, 1.165) is 31.9 Å². The number of nitrogens with zero attached hydrogens (tertiary/aromatic N) is 1. The molecule has 2 fully saturated rings. The maximum atomic E-state index is 13.6. The van der Waals surface area contributed by atoms with Crippen LogP contribution in [0.2, 0.25) is 0 Å². The molecule has 1 aromatic carbocycles. The van der Waals surface area contributed by atoms with Crippen LogP contribution in [0.5, 0.6) is 0 Å². The topological polar surface area (TPSA) is 15.3 Å². The molecule has 0 aromatic heterocycles. The van der Waals surface area contributed by atoms with Crippen LogP contribution < -0.4 is 10.2 Å². The van der Waals surface area contributed by atoms with E-state index in [9.17, 15) is 4.39 Å². The second-order valence-corrected chi connectivity index (χ2v) is 4.73. The molecule has 3 rings (SSSR count). The van der Waals surface area contributed by atoms with Crippen molar-refractivity contribution in [3.63, 3.8) is 0 Å². The summed E-state index contributed by atoms with van der Waals surface area (Å²) in [6.45, 7) is 4.18. The molecule has 1 N–H and O–H groups in total. The van der Waals surface area contributed by atoms with Crippen molar-refractivity contribution >= 4 is 5.69 Å². The maximum absolute atomic E-state index is 13.6. The van der Waals surface area contributed by atoms with Crippen molar-refractivity contribution < 1.29 is 4.39 Å². The van der Waals surface area contributed by atoms with Crippen LogP contribution in [0.1, 0.15) is 6.42 Å². The number of hydrogen-bond acceptors (Lipinski definition) is 2. The molecule has 2 aliphatic heterocycles. The lowest BCUT2D eigenvalue weighted by atomic mass is 9.81. The van der Waals surface area contributed by atoms with Gasteiger partial charge >= 0.3 is 0 Å². The molecule has 0 bridgehead atoms. The van der Waals surface area contributed by atoms with E-state index in [2.05, 4.69) is 10.2 Å². The normalized spacial score (nSPS) is 23.1. The molecule has 2 aliphatic rings. The molecular weight excluding hydrogens is 191 g/mol. The molecule has 1 aromatic rings. The van der Waals surface area contributed by atoms with Gasteiger partial charge in [0.2, 0.25) is 0 Å². The van der Waals surface area contributed by atoms with Crippen LogP contribution in [0.15, 0.2) is 24.3 Å². The second-order valence-electron chi connectivity index (χ2n) is 4.73. The van der Waals surface area contributed by atoms with E-state index in [4.69, 9.17) is 0 Å². The molecule has 80 valence electrons. The van der Waals surface area contributed by atoms with Crippen LogP contribution in [-0.2, 0) is 0 Å². The van der Waals surface area contributed by atoms with Crippen molar-refractivity contribution in [1.29, 1.82) is 0 Å². The average molecular weight is 206 g/mol. The molecule has 15 heavy (non-hydrogen) atoms. The van der Waals surface area contributed by atoms with Gasteiger partial charge in [-0.15, -0.1) is 0 Å². The van der Waals surface area contributed by atoms with Gasteiger partial charge in [0.15, 0.2) is 0 Å². The van der Waals surface area contributed by atoms with Gasteiger partial charge in [-0.2, -0.15) is 0 Å². The largest absolute Gasteiger partial charge is 0.368 e. The van der Waals surface area contributed by atoms with Crippen molar-refractivity contribution in [2.75, 3.05) is 31.1 Å². The van der Waals surface area contributed by atoms with Crippen LogP contribution >= 0.6 is 0 Å². The minimum absolute atomic E-state index is 0.0955. The van der Waals surface area contributed by atoms with E-state index in [0.29, 0.717) is 5.41 Å². The fourth-order valence-electron chi connectivity index (χ4n) is 2.62. The van der Waals surface area contributed by atoms with E-state index in [1.165, 1.54) is 6.42 Å². The Balaban J connectivity index is 1.82. The van der Waals surface area contributed by atoms with E-state index in [1.807, 2.05) is 12.1 Å². The zero-order chi connectivity index (χ0) is 10.3. The summed E-state index contributed by atoms with van der Waals surface area (Å²) in [6, 6.07) is 7.07. The fourth-order valence-corrected chi connectivity index (χ4v) is 2.62. The van der Waals surface area contributed by atoms with E-state index in [1.54, 1.807) is 12.1 Å². The molecule has 0 aliphatic carbocycles. The summed E-state index contributed by atoms with van der Waals surface area (Å²) in [5.74, 6) is -0.0955. The van der Waals surface area contributed by atoms with Crippen molar-refractivity contribution in [2.45, 2.75) is 6.42 Å². The van der Waals surface area contributed by atoms with Crippen LogP contribution in [0.4, 0.5) is 10.1 Å². The van der Waals surface area contributed by atoms with Crippen molar-refractivity contribution in [2.24, 2.45) is 5.41 Å². The molecule has 2 nitrogen and oxygen atoms in total. The highest BCUT2D eigenvalue weighted by Gasteiger charge is 2.43. The van der Waals surface area contributed by atoms with Gasteiger partial charge in [0.05, 0.1) is 5.69 Å². The minimum Gasteiger partial charge on any atom is -0.368 e. The second kappa shape index (κ2) is 3.20. The summed E-state index contributed by atoms with van der Waals surface area (Å²) in [7, 11) is 0. The molecule has 0 saturated carbocycles. The van der Waals surface area contributed by atoms with Gasteiger partial charge in [0.25, 0.3) is 0 Å². The molecule has 0 atom stereocenters. The average Bonchev–Trinajstić information content (AvgIpc) is 2.63. The van der Waals surface area contributed by atoms with Gasteiger partial charge in [-0.1, -0.05) is 12.1 Å². The van der Waals surface area contributed by atoms with Crippen LogP contribution in [0, 0.1) is 11.2 Å². The Morgan fingerprint density at radius 1 is 1.27 bits per heavy atom. The molecule has 2 heterocycles. The van der Waals surface area contributed by atoms with Crippen LogP contribution in [0.3, 0.4) is 0 Å². The van der Waals surface area contributed by atoms with Gasteiger partial charge in [0, 0.05) is 31.6 Å². The van der Waals surface area contributed by atoms with Gasteiger partial charge < -0.3 is 10.2 Å². The number of benzene rings is 1. The van der Waals surface area contributed by atoms with E-state index >= 15 is 0 Å². The minimum atomic E-state index is -0.0955. The predicted molar refractivity (Wildman–Crippen MR) is 58.5 cm³/mol. The molecule has 3 heteroatoms. The zero-order valence-corrected chi connectivity index (χ0v) is 8.67. The fraction of sp³-hybridized carbons (Fsp3) is 0.500. The third-order valence-electron chi connectivity index (χ3n) is 3.63. The van der Waals surface area contributed by atoms with Gasteiger partial charge in [-0.3, -0.25) is 0 Å². The smallest absolute Gasteiger partial charge is 0.146 e. The molecule has 2 saturated heterocycles. The molecule has 1 spiro atoms. The third kappa shape index (κ3) is 1.42. The SMILES string of the molecule is Fc1ccccc1N1CCC2(CNC2)C1. The first-order valence-corrected chi connectivity index (χ1v) is 5.49. The maximum Gasteiger partial charge on any atom is 0.146 e.